The van der Waals surface area contributed by atoms with Gasteiger partial charge in [-0.1, -0.05) is 0 Å². The molecule has 1 unspecified atom stereocenters. The normalized spacial score (nSPS) is 22.4. The summed E-state index contributed by atoms with van der Waals surface area (Å²) in [6.45, 7) is 4.77. The lowest BCUT2D eigenvalue weighted by atomic mass is 9.94. The Bertz CT molecular complexity index is 432. The minimum atomic E-state index is -0.513. The van der Waals surface area contributed by atoms with Crippen molar-refractivity contribution in [3.8, 4) is 0 Å². The first-order valence-electron chi connectivity index (χ1n) is 5.83. The smallest absolute Gasteiger partial charge is 0.305 e. The molecule has 0 spiro atoms. The predicted molar refractivity (Wildman–Crippen MR) is 65.4 cm³/mol. The average Bonchev–Trinajstić information content (AvgIpc) is 2.28. The van der Waals surface area contributed by atoms with E-state index in [4.69, 9.17) is 4.74 Å². The molecule has 1 aromatic rings. The maximum atomic E-state index is 10.5. The van der Waals surface area contributed by atoms with Crippen LogP contribution in [-0.2, 0) is 4.74 Å². The molecular formula is C11H16N4O3. The predicted octanol–water partition coefficient (Wildman–Crippen LogP) is 1.75. The number of rotatable bonds is 3. The number of aromatic nitrogens is 2. The van der Waals surface area contributed by atoms with Crippen molar-refractivity contribution in [3.05, 3.63) is 22.5 Å². The summed E-state index contributed by atoms with van der Waals surface area (Å²) >= 11 is 0. The highest BCUT2D eigenvalue weighted by Crippen LogP contribution is 2.25. The van der Waals surface area contributed by atoms with Crippen LogP contribution in [0.4, 0.5) is 11.6 Å². The lowest BCUT2D eigenvalue weighted by Crippen LogP contribution is -2.40. The van der Waals surface area contributed by atoms with Crippen molar-refractivity contribution in [2.75, 3.05) is 11.9 Å². The van der Waals surface area contributed by atoms with Crippen molar-refractivity contribution >= 4 is 11.6 Å². The minimum Gasteiger partial charge on any atom is -0.375 e. The van der Waals surface area contributed by atoms with Crippen molar-refractivity contribution in [2.24, 2.45) is 0 Å². The van der Waals surface area contributed by atoms with E-state index in [1.807, 2.05) is 13.8 Å². The lowest BCUT2D eigenvalue weighted by Gasteiger charge is -2.35. The van der Waals surface area contributed by atoms with Gasteiger partial charge in [-0.25, -0.2) is 9.97 Å². The van der Waals surface area contributed by atoms with Gasteiger partial charge in [0.25, 0.3) is 0 Å². The molecular weight excluding hydrogens is 236 g/mol. The third kappa shape index (κ3) is 3.13. The first kappa shape index (κ1) is 12.7. The van der Waals surface area contributed by atoms with E-state index in [0.29, 0.717) is 12.6 Å². The second kappa shape index (κ2) is 4.85. The highest BCUT2D eigenvalue weighted by atomic mass is 16.6. The van der Waals surface area contributed by atoms with Gasteiger partial charge in [-0.05, 0) is 26.7 Å². The second-order valence-electron chi connectivity index (χ2n) is 4.96. The SMILES string of the molecule is CC1(C)CC(Nc2ncc([N+](=O)[O-])cn2)CCO1. The number of anilines is 1. The Morgan fingerprint density at radius 2 is 2.17 bits per heavy atom. The van der Waals surface area contributed by atoms with Crippen molar-refractivity contribution in [1.82, 2.24) is 9.97 Å². The highest BCUT2D eigenvalue weighted by molar-refractivity contribution is 5.31. The van der Waals surface area contributed by atoms with Gasteiger partial charge >= 0.3 is 5.69 Å². The van der Waals surface area contributed by atoms with E-state index in [9.17, 15) is 10.1 Å². The molecule has 0 saturated carbocycles. The molecule has 2 rings (SSSR count). The summed E-state index contributed by atoms with van der Waals surface area (Å²) in [6.07, 6.45) is 4.15. The number of hydrogen-bond acceptors (Lipinski definition) is 6. The van der Waals surface area contributed by atoms with E-state index < -0.39 is 4.92 Å². The lowest BCUT2D eigenvalue weighted by molar-refractivity contribution is -0.385. The first-order chi connectivity index (χ1) is 8.46. The van der Waals surface area contributed by atoms with Gasteiger partial charge in [0.15, 0.2) is 0 Å². The molecule has 18 heavy (non-hydrogen) atoms. The van der Waals surface area contributed by atoms with Gasteiger partial charge < -0.3 is 10.1 Å². The van der Waals surface area contributed by atoms with Crippen molar-refractivity contribution < 1.29 is 9.66 Å². The fourth-order valence-corrected chi connectivity index (χ4v) is 2.03. The maximum Gasteiger partial charge on any atom is 0.305 e. The van der Waals surface area contributed by atoms with E-state index in [1.54, 1.807) is 0 Å². The van der Waals surface area contributed by atoms with Crippen LogP contribution in [0, 0.1) is 10.1 Å². The van der Waals surface area contributed by atoms with E-state index >= 15 is 0 Å². The van der Waals surface area contributed by atoms with E-state index in [1.165, 1.54) is 12.4 Å². The fraction of sp³-hybridized carbons (Fsp3) is 0.636. The van der Waals surface area contributed by atoms with Crippen LogP contribution in [0.1, 0.15) is 26.7 Å². The Kier molecular flexibility index (Phi) is 3.42. The fourth-order valence-electron chi connectivity index (χ4n) is 2.03. The van der Waals surface area contributed by atoms with E-state index in [0.717, 1.165) is 12.8 Å². The third-order valence-electron chi connectivity index (χ3n) is 2.88. The summed E-state index contributed by atoms with van der Waals surface area (Å²) in [6, 6.07) is 0.232. The molecule has 0 amide bonds. The highest BCUT2D eigenvalue weighted by Gasteiger charge is 2.29. The number of nitrogens with zero attached hydrogens (tertiary/aromatic N) is 3. The Morgan fingerprint density at radius 1 is 1.50 bits per heavy atom. The Hall–Kier alpha value is -1.76. The van der Waals surface area contributed by atoms with Gasteiger partial charge in [-0.15, -0.1) is 0 Å². The van der Waals surface area contributed by atoms with E-state index in [-0.39, 0.29) is 17.3 Å². The first-order valence-corrected chi connectivity index (χ1v) is 5.83. The molecule has 1 N–H and O–H groups in total. The largest absolute Gasteiger partial charge is 0.375 e. The van der Waals surface area contributed by atoms with E-state index in [2.05, 4.69) is 15.3 Å². The van der Waals surface area contributed by atoms with Gasteiger partial charge in [-0.2, -0.15) is 0 Å². The van der Waals surface area contributed by atoms with Crippen LogP contribution in [0.5, 0.6) is 0 Å². The summed E-state index contributed by atoms with van der Waals surface area (Å²) in [5.41, 5.74) is -0.260. The van der Waals surface area contributed by atoms with Crippen LogP contribution >= 0.6 is 0 Å². The molecule has 98 valence electrons. The van der Waals surface area contributed by atoms with Crippen LogP contribution in [0.3, 0.4) is 0 Å². The quantitative estimate of drug-likeness (QED) is 0.651. The topological polar surface area (TPSA) is 90.2 Å². The Balaban J connectivity index is 1.99. The number of hydrogen-bond donors (Lipinski definition) is 1. The summed E-state index contributed by atoms with van der Waals surface area (Å²) in [4.78, 5) is 17.8. The third-order valence-corrected chi connectivity index (χ3v) is 2.88. The molecule has 1 aromatic heterocycles. The van der Waals surface area contributed by atoms with Gasteiger partial charge in [-0.3, -0.25) is 10.1 Å². The summed E-state index contributed by atoms with van der Waals surface area (Å²) < 4.78 is 5.61. The monoisotopic (exact) mass is 252 g/mol. The van der Waals surface area contributed by atoms with Crippen LogP contribution in [0.25, 0.3) is 0 Å². The molecule has 0 bridgehead atoms. The van der Waals surface area contributed by atoms with Crippen molar-refractivity contribution in [3.63, 3.8) is 0 Å². The summed E-state index contributed by atoms with van der Waals surface area (Å²) in [5.74, 6) is 0.420. The van der Waals surface area contributed by atoms with Crippen LogP contribution < -0.4 is 5.32 Å². The summed E-state index contributed by atoms with van der Waals surface area (Å²) in [5, 5.41) is 13.7. The van der Waals surface area contributed by atoms with Crippen molar-refractivity contribution in [2.45, 2.75) is 38.3 Å². The van der Waals surface area contributed by atoms with Gasteiger partial charge in [0.05, 0.1) is 10.5 Å². The van der Waals surface area contributed by atoms with Gasteiger partial charge in [0.2, 0.25) is 5.95 Å². The average molecular weight is 252 g/mol. The standard InChI is InChI=1S/C11H16N4O3/c1-11(2)5-8(3-4-18-11)14-10-12-6-9(7-13-10)15(16)17/h6-8H,3-5H2,1-2H3,(H,12,13,14). The van der Waals surface area contributed by atoms with Crippen LogP contribution in [0.15, 0.2) is 12.4 Å². The second-order valence-corrected chi connectivity index (χ2v) is 4.96. The molecule has 2 heterocycles. The molecule has 7 heteroatoms. The van der Waals surface area contributed by atoms with Crippen molar-refractivity contribution in [1.29, 1.82) is 0 Å². The zero-order valence-electron chi connectivity index (χ0n) is 10.4. The number of nitrogens with one attached hydrogen (secondary N) is 1. The van der Waals surface area contributed by atoms with Crippen LogP contribution in [0.2, 0.25) is 0 Å². The molecule has 1 fully saturated rings. The molecule has 1 atom stereocenters. The Labute approximate surface area is 105 Å². The molecule has 7 nitrogen and oxygen atoms in total. The maximum absolute atomic E-state index is 10.5. The zero-order chi connectivity index (χ0) is 13.2. The van der Waals surface area contributed by atoms with Gasteiger partial charge in [0, 0.05) is 12.6 Å². The molecule has 1 aliphatic heterocycles. The Morgan fingerprint density at radius 3 is 2.72 bits per heavy atom. The molecule has 0 aliphatic carbocycles. The van der Waals surface area contributed by atoms with Crippen LogP contribution in [-0.4, -0.2) is 33.1 Å². The minimum absolute atomic E-state index is 0.104. The number of ether oxygens (including phenoxy) is 1. The molecule has 0 radical (unpaired) electrons. The molecule has 1 saturated heterocycles. The summed E-state index contributed by atoms with van der Waals surface area (Å²) in [7, 11) is 0. The number of nitro groups is 1. The van der Waals surface area contributed by atoms with Gasteiger partial charge in [0.1, 0.15) is 12.4 Å². The molecule has 1 aliphatic rings. The zero-order valence-corrected chi connectivity index (χ0v) is 10.4. The molecule has 0 aromatic carbocycles.